The molecule has 0 aliphatic heterocycles. The lowest BCUT2D eigenvalue weighted by atomic mass is 10.1. The lowest BCUT2D eigenvalue weighted by molar-refractivity contribution is -0.114. The molecule has 0 heterocycles. The predicted octanol–water partition coefficient (Wildman–Crippen LogP) is 3.45. The average molecular weight is 330 g/mol. The summed E-state index contributed by atoms with van der Waals surface area (Å²) in [4.78, 5) is 23.0. The van der Waals surface area contributed by atoms with E-state index >= 15 is 0 Å². The Kier molecular flexibility index (Phi) is 5.49. The molecule has 0 fully saturated rings. The van der Waals surface area contributed by atoms with Crippen LogP contribution in [0.5, 0.6) is 0 Å². The number of nitrogens with zero attached hydrogens (tertiary/aromatic N) is 1. The van der Waals surface area contributed by atoms with E-state index < -0.39 is 0 Å². The molecule has 0 radical (unpaired) electrons. The van der Waals surface area contributed by atoms with Crippen LogP contribution in [0.1, 0.15) is 29.8 Å². The molecule has 6 heteroatoms. The average Bonchev–Trinajstić information content (AvgIpc) is 2.52. The van der Waals surface area contributed by atoms with E-state index in [1.807, 2.05) is 12.1 Å². The fourth-order valence-corrected chi connectivity index (χ4v) is 2.08. The molecule has 0 saturated heterocycles. The third-order valence-electron chi connectivity index (χ3n) is 3.04. The smallest absolute Gasteiger partial charge is 0.271 e. The Balaban J connectivity index is 2.04. The molecule has 0 saturated carbocycles. The maximum absolute atomic E-state index is 12.0. The van der Waals surface area contributed by atoms with E-state index in [4.69, 9.17) is 11.6 Å². The Morgan fingerprint density at radius 2 is 1.70 bits per heavy atom. The lowest BCUT2D eigenvalue weighted by Crippen LogP contribution is -2.19. The van der Waals surface area contributed by atoms with Crippen molar-refractivity contribution in [1.29, 1.82) is 0 Å². The summed E-state index contributed by atoms with van der Waals surface area (Å²) in [6.07, 6.45) is 0. The first-order chi connectivity index (χ1) is 11.0. The van der Waals surface area contributed by atoms with Crippen LogP contribution in [0.2, 0.25) is 5.02 Å². The van der Waals surface area contributed by atoms with Crippen LogP contribution in [0.15, 0.2) is 53.6 Å². The molecule has 2 aromatic rings. The second-order valence-corrected chi connectivity index (χ2v) is 5.34. The molecule has 118 valence electrons. The van der Waals surface area contributed by atoms with Gasteiger partial charge in [-0.15, -0.1) is 0 Å². The van der Waals surface area contributed by atoms with Gasteiger partial charge in [0.05, 0.1) is 5.71 Å². The van der Waals surface area contributed by atoms with Crippen molar-refractivity contribution in [2.75, 3.05) is 5.32 Å². The Hall–Kier alpha value is -2.66. The van der Waals surface area contributed by atoms with E-state index in [-0.39, 0.29) is 11.8 Å². The van der Waals surface area contributed by atoms with Crippen molar-refractivity contribution in [2.24, 2.45) is 5.10 Å². The molecule has 2 rings (SSSR count). The normalized spacial score (nSPS) is 11.0. The summed E-state index contributed by atoms with van der Waals surface area (Å²) in [6, 6.07) is 13.8. The van der Waals surface area contributed by atoms with Gasteiger partial charge in [-0.25, -0.2) is 5.43 Å². The number of carbonyl (C=O) groups is 2. The van der Waals surface area contributed by atoms with Gasteiger partial charge in [0.1, 0.15) is 0 Å². The van der Waals surface area contributed by atoms with Gasteiger partial charge in [0.25, 0.3) is 5.91 Å². The first kappa shape index (κ1) is 16.7. The molecule has 2 amide bonds. The summed E-state index contributed by atoms with van der Waals surface area (Å²) < 4.78 is 0. The molecule has 0 atom stereocenters. The zero-order chi connectivity index (χ0) is 16.8. The van der Waals surface area contributed by atoms with E-state index in [0.717, 1.165) is 5.56 Å². The van der Waals surface area contributed by atoms with Crippen LogP contribution in [0, 0.1) is 0 Å². The fraction of sp³-hybridized carbons (Fsp3) is 0.118. The minimum Gasteiger partial charge on any atom is -0.326 e. The van der Waals surface area contributed by atoms with Crippen molar-refractivity contribution >= 4 is 34.8 Å². The number of hydrazone groups is 1. The molecule has 2 aromatic carbocycles. The van der Waals surface area contributed by atoms with Gasteiger partial charge in [-0.05, 0) is 42.8 Å². The topological polar surface area (TPSA) is 70.6 Å². The first-order valence-electron chi connectivity index (χ1n) is 6.94. The number of anilines is 1. The van der Waals surface area contributed by atoms with E-state index in [9.17, 15) is 9.59 Å². The SMILES string of the molecule is CC(=O)Nc1ccc(/C(C)=N\NC(=O)c2cccc(Cl)c2)cc1. The van der Waals surface area contributed by atoms with Crippen LogP contribution in [0.3, 0.4) is 0 Å². The minimum atomic E-state index is -0.332. The number of amides is 2. The highest BCUT2D eigenvalue weighted by Crippen LogP contribution is 2.12. The highest BCUT2D eigenvalue weighted by atomic mass is 35.5. The predicted molar refractivity (Wildman–Crippen MR) is 91.9 cm³/mol. The highest BCUT2D eigenvalue weighted by Gasteiger charge is 2.05. The number of carbonyl (C=O) groups excluding carboxylic acids is 2. The molecule has 0 aliphatic carbocycles. The Morgan fingerprint density at radius 1 is 1.00 bits per heavy atom. The second-order valence-electron chi connectivity index (χ2n) is 4.91. The fourth-order valence-electron chi connectivity index (χ4n) is 1.89. The van der Waals surface area contributed by atoms with Crippen LogP contribution >= 0.6 is 11.6 Å². The molecular formula is C17H16ClN3O2. The summed E-state index contributed by atoms with van der Waals surface area (Å²) >= 11 is 5.85. The largest absolute Gasteiger partial charge is 0.326 e. The molecule has 0 aromatic heterocycles. The summed E-state index contributed by atoms with van der Waals surface area (Å²) in [6.45, 7) is 3.23. The molecule has 0 bridgehead atoms. The zero-order valence-corrected chi connectivity index (χ0v) is 13.5. The number of halogens is 1. The number of hydrogen-bond donors (Lipinski definition) is 2. The van der Waals surface area contributed by atoms with Crippen LogP contribution in [0.4, 0.5) is 5.69 Å². The Bertz CT molecular complexity index is 755. The van der Waals surface area contributed by atoms with Crippen molar-refractivity contribution < 1.29 is 9.59 Å². The van der Waals surface area contributed by atoms with E-state index in [2.05, 4.69) is 15.8 Å². The third kappa shape index (κ3) is 4.93. The summed E-state index contributed by atoms with van der Waals surface area (Å²) in [5, 5.41) is 7.26. The van der Waals surface area contributed by atoms with Gasteiger partial charge in [-0.3, -0.25) is 9.59 Å². The lowest BCUT2D eigenvalue weighted by Gasteiger charge is -2.05. The van der Waals surface area contributed by atoms with Gasteiger partial charge >= 0.3 is 0 Å². The van der Waals surface area contributed by atoms with Crippen LogP contribution in [0.25, 0.3) is 0 Å². The maximum Gasteiger partial charge on any atom is 0.271 e. The minimum absolute atomic E-state index is 0.128. The van der Waals surface area contributed by atoms with E-state index in [0.29, 0.717) is 22.0 Å². The van der Waals surface area contributed by atoms with Gasteiger partial charge < -0.3 is 5.32 Å². The summed E-state index contributed by atoms with van der Waals surface area (Å²) in [5.41, 5.74) is 5.12. The van der Waals surface area contributed by atoms with Crippen molar-refractivity contribution in [1.82, 2.24) is 5.43 Å². The molecule has 2 N–H and O–H groups in total. The van der Waals surface area contributed by atoms with Crippen LogP contribution in [-0.4, -0.2) is 17.5 Å². The Labute approximate surface area is 139 Å². The summed E-state index contributed by atoms with van der Waals surface area (Å²) in [7, 11) is 0. The molecule has 0 unspecified atom stereocenters. The summed E-state index contributed by atoms with van der Waals surface area (Å²) in [5.74, 6) is -0.460. The first-order valence-corrected chi connectivity index (χ1v) is 7.32. The number of hydrogen-bond acceptors (Lipinski definition) is 3. The van der Waals surface area contributed by atoms with E-state index in [1.165, 1.54) is 6.92 Å². The second kappa shape index (κ2) is 7.56. The Morgan fingerprint density at radius 3 is 2.30 bits per heavy atom. The van der Waals surface area contributed by atoms with Crippen molar-refractivity contribution in [2.45, 2.75) is 13.8 Å². The number of benzene rings is 2. The highest BCUT2D eigenvalue weighted by molar-refractivity contribution is 6.30. The van der Waals surface area contributed by atoms with Crippen molar-refractivity contribution in [3.8, 4) is 0 Å². The number of rotatable bonds is 4. The van der Waals surface area contributed by atoms with Gasteiger partial charge in [-0.1, -0.05) is 29.8 Å². The number of nitrogens with one attached hydrogen (secondary N) is 2. The van der Waals surface area contributed by atoms with Crippen LogP contribution in [-0.2, 0) is 4.79 Å². The van der Waals surface area contributed by atoms with Crippen molar-refractivity contribution in [3.63, 3.8) is 0 Å². The van der Waals surface area contributed by atoms with Crippen molar-refractivity contribution in [3.05, 3.63) is 64.7 Å². The van der Waals surface area contributed by atoms with Gasteiger partial charge in [-0.2, -0.15) is 5.10 Å². The molecular weight excluding hydrogens is 314 g/mol. The quantitative estimate of drug-likeness (QED) is 0.666. The molecule has 0 spiro atoms. The van der Waals surface area contributed by atoms with Crippen LogP contribution < -0.4 is 10.7 Å². The maximum atomic E-state index is 12.0. The molecule has 5 nitrogen and oxygen atoms in total. The molecule has 0 aliphatic rings. The zero-order valence-electron chi connectivity index (χ0n) is 12.8. The van der Waals surface area contributed by atoms with Gasteiger partial charge in [0, 0.05) is 23.2 Å². The standard InChI is InChI=1S/C17H16ClN3O2/c1-11(13-6-8-16(9-7-13)19-12(2)22)20-21-17(23)14-4-3-5-15(18)10-14/h3-10H,1-2H3,(H,19,22)(H,21,23)/b20-11-. The third-order valence-corrected chi connectivity index (χ3v) is 3.27. The molecule has 23 heavy (non-hydrogen) atoms. The monoisotopic (exact) mass is 329 g/mol. The van der Waals surface area contributed by atoms with Gasteiger partial charge in [0.15, 0.2) is 0 Å². The van der Waals surface area contributed by atoms with E-state index in [1.54, 1.807) is 43.3 Å². The van der Waals surface area contributed by atoms with Gasteiger partial charge in [0.2, 0.25) is 5.91 Å².